The largest absolute Gasteiger partial charge is 0.481 e. The van der Waals surface area contributed by atoms with Crippen LogP contribution in [-0.4, -0.2) is 87.6 Å². The van der Waals surface area contributed by atoms with E-state index in [0.29, 0.717) is 11.6 Å². The van der Waals surface area contributed by atoms with Crippen molar-refractivity contribution in [3.63, 3.8) is 0 Å². The van der Waals surface area contributed by atoms with Crippen molar-refractivity contribution in [1.82, 2.24) is 25.1 Å². The molecule has 2 heterocycles. The number of rotatable bonds is 10. The lowest BCUT2D eigenvalue weighted by atomic mass is 10.1. The zero-order chi connectivity index (χ0) is 31.1. The Morgan fingerprint density at radius 1 is 0.977 bits per heavy atom. The summed E-state index contributed by atoms with van der Waals surface area (Å²) in [4.78, 5) is 62.9. The van der Waals surface area contributed by atoms with Crippen LogP contribution in [-0.2, 0) is 20.7 Å². The molecule has 12 nitrogen and oxygen atoms in total. The number of benzene rings is 2. The molecule has 3 N–H and O–H groups in total. The van der Waals surface area contributed by atoms with Crippen molar-refractivity contribution in [3.8, 4) is 11.4 Å². The van der Waals surface area contributed by atoms with Gasteiger partial charge in [-0.3, -0.25) is 14.4 Å². The zero-order valence-corrected chi connectivity index (χ0v) is 24.6. The van der Waals surface area contributed by atoms with Gasteiger partial charge in [0.25, 0.3) is 5.91 Å². The van der Waals surface area contributed by atoms with Gasteiger partial charge in [0.2, 0.25) is 5.91 Å². The van der Waals surface area contributed by atoms with Crippen molar-refractivity contribution in [2.45, 2.75) is 44.7 Å². The molecule has 230 valence electrons. The summed E-state index contributed by atoms with van der Waals surface area (Å²) >= 11 is 0. The maximum atomic E-state index is 13.7. The molecule has 3 aromatic rings. The molecule has 44 heavy (non-hydrogen) atoms. The number of aryl methyl sites for hydroxylation is 1. The Morgan fingerprint density at radius 3 is 2.41 bits per heavy atom. The molecule has 0 bridgehead atoms. The SMILES string of the molecule is CCOC(=O)N1CCN(C(=O)C(CCC(=O)O)NC(=O)c2cc(NC3CCc4ccccc43)nc(-c3ccccc3)n2)CC1. The highest BCUT2D eigenvalue weighted by atomic mass is 16.6. The van der Waals surface area contributed by atoms with Gasteiger partial charge in [0, 0.05) is 44.2 Å². The van der Waals surface area contributed by atoms with Gasteiger partial charge in [-0.25, -0.2) is 14.8 Å². The van der Waals surface area contributed by atoms with Crippen LogP contribution in [0.15, 0.2) is 60.7 Å². The van der Waals surface area contributed by atoms with Crippen LogP contribution in [0.1, 0.15) is 53.8 Å². The number of nitrogens with one attached hydrogen (secondary N) is 2. The number of anilines is 1. The van der Waals surface area contributed by atoms with Crippen LogP contribution in [0.25, 0.3) is 11.4 Å². The summed E-state index contributed by atoms with van der Waals surface area (Å²) < 4.78 is 5.05. The number of aliphatic carboxylic acids is 1. The molecule has 0 radical (unpaired) electrons. The molecule has 2 aromatic carbocycles. The fourth-order valence-corrected chi connectivity index (χ4v) is 5.54. The highest BCUT2D eigenvalue weighted by molar-refractivity contribution is 5.97. The van der Waals surface area contributed by atoms with E-state index in [1.165, 1.54) is 20.9 Å². The van der Waals surface area contributed by atoms with Gasteiger partial charge in [-0.2, -0.15) is 0 Å². The molecule has 2 unspecified atom stereocenters. The minimum absolute atomic E-state index is 0.0128. The first kappa shape index (κ1) is 30.5. The number of carboxylic acid groups (broad SMARTS) is 1. The number of ether oxygens (including phenoxy) is 1. The van der Waals surface area contributed by atoms with E-state index in [1.807, 2.05) is 42.5 Å². The Morgan fingerprint density at radius 2 is 1.68 bits per heavy atom. The highest BCUT2D eigenvalue weighted by Gasteiger charge is 2.31. The predicted molar refractivity (Wildman–Crippen MR) is 162 cm³/mol. The number of amides is 3. The first-order chi connectivity index (χ1) is 21.3. The van der Waals surface area contributed by atoms with Gasteiger partial charge in [-0.1, -0.05) is 54.6 Å². The summed E-state index contributed by atoms with van der Waals surface area (Å²) in [6.07, 6.45) is 0.948. The quantitative estimate of drug-likeness (QED) is 0.317. The molecule has 1 saturated heterocycles. The Bertz CT molecular complexity index is 1510. The third kappa shape index (κ3) is 7.31. The molecule has 5 rings (SSSR count). The van der Waals surface area contributed by atoms with Gasteiger partial charge in [-0.05, 0) is 37.3 Å². The normalized spacial score (nSPS) is 16.5. The summed E-state index contributed by atoms with van der Waals surface area (Å²) in [6, 6.07) is 18.0. The van der Waals surface area contributed by atoms with Crippen molar-refractivity contribution < 1.29 is 29.0 Å². The second-order valence-corrected chi connectivity index (χ2v) is 10.7. The fraction of sp³-hybridized carbons (Fsp3) is 0.375. The summed E-state index contributed by atoms with van der Waals surface area (Å²) in [6.45, 7) is 2.99. The molecular weight excluding hydrogens is 564 g/mol. The average molecular weight is 601 g/mol. The third-order valence-corrected chi connectivity index (χ3v) is 7.81. The first-order valence-electron chi connectivity index (χ1n) is 14.8. The number of hydrogen-bond donors (Lipinski definition) is 3. The summed E-state index contributed by atoms with van der Waals surface area (Å²) in [5, 5.41) is 15.5. The van der Waals surface area contributed by atoms with Crippen LogP contribution in [0.2, 0.25) is 0 Å². The number of nitrogens with zero attached hydrogens (tertiary/aromatic N) is 4. The minimum atomic E-state index is -1.10. The Balaban J connectivity index is 1.36. The van der Waals surface area contributed by atoms with E-state index in [1.54, 1.807) is 13.0 Å². The second kappa shape index (κ2) is 14.0. The number of fused-ring (bicyclic) bond motifs is 1. The van der Waals surface area contributed by atoms with Crippen molar-refractivity contribution in [3.05, 3.63) is 77.5 Å². The standard InChI is InChI=1S/C32H36N6O6/c1-2-44-32(43)38-18-16-37(17-19-38)31(42)25(14-15-28(39)40)35-30(41)26-20-27(36-29(34-26)22-9-4-3-5-10-22)33-24-13-12-21-8-6-7-11-23(21)24/h3-11,20,24-25H,2,12-19H2,1H3,(H,35,41)(H,39,40)(H,33,34,36). The minimum Gasteiger partial charge on any atom is -0.481 e. The van der Waals surface area contributed by atoms with Gasteiger partial charge in [-0.15, -0.1) is 0 Å². The predicted octanol–water partition coefficient (Wildman–Crippen LogP) is 3.51. The highest BCUT2D eigenvalue weighted by Crippen LogP contribution is 2.33. The number of piperazine rings is 1. The molecule has 12 heteroatoms. The average Bonchev–Trinajstić information content (AvgIpc) is 3.45. The molecule has 3 amide bonds. The number of carbonyl (C=O) groups excluding carboxylic acids is 3. The van der Waals surface area contributed by atoms with Crippen LogP contribution in [0.3, 0.4) is 0 Å². The van der Waals surface area contributed by atoms with Crippen LogP contribution in [0.4, 0.5) is 10.6 Å². The Labute approximate surface area is 255 Å². The fourth-order valence-electron chi connectivity index (χ4n) is 5.54. The van der Waals surface area contributed by atoms with Gasteiger partial charge in [0.15, 0.2) is 5.82 Å². The molecule has 0 saturated carbocycles. The zero-order valence-electron chi connectivity index (χ0n) is 24.6. The van der Waals surface area contributed by atoms with Crippen LogP contribution in [0, 0.1) is 0 Å². The lowest BCUT2D eigenvalue weighted by Gasteiger charge is -2.35. The monoisotopic (exact) mass is 600 g/mol. The summed E-state index contributed by atoms with van der Waals surface area (Å²) in [5.41, 5.74) is 3.21. The Hall–Kier alpha value is -5.00. The second-order valence-electron chi connectivity index (χ2n) is 10.7. The van der Waals surface area contributed by atoms with Crippen molar-refractivity contribution in [2.75, 3.05) is 38.1 Å². The van der Waals surface area contributed by atoms with Gasteiger partial charge >= 0.3 is 12.1 Å². The smallest absolute Gasteiger partial charge is 0.409 e. The van der Waals surface area contributed by atoms with Crippen LogP contribution < -0.4 is 10.6 Å². The van der Waals surface area contributed by atoms with Crippen molar-refractivity contribution >= 4 is 29.7 Å². The lowest BCUT2D eigenvalue weighted by Crippen LogP contribution is -2.56. The molecule has 0 spiro atoms. The summed E-state index contributed by atoms with van der Waals surface area (Å²) in [5.74, 6) is -1.31. The van der Waals surface area contributed by atoms with Crippen molar-refractivity contribution in [1.29, 1.82) is 0 Å². The number of carboxylic acids is 1. The van der Waals surface area contributed by atoms with Crippen LogP contribution >= 0.6 is 0 Å². The molecule has 1 aliphatic carbocycles. The van der Waals surface area contributed by atoms with Gasteiger partial charge in [0.05, 0.1) is 12.6 Å². The summed E-state index contributed by atoms with van der Waals surface area (Å²) in [7, 11) is 0. The topological polar surface area (TPSA) is 154 Å². The lowest BCUT2D eigenvalue weighted by molar-refractivity contribution is -0.138. The molecule has 1 aromatic heterocycles. The first-order valence-corrected chi connectivity index (χ1v) is 14.8. The molecular formula is C32H36N6O6. The molecule has 2 atom stereocenters. The van der Waals surface area contributed by atoms with Gasteiger partial charge in [0.1, 0.15) is 17.6 Å². The number of aromatic nitrogens is 2. The van der Waals surface area contributed by atoms with Crippen molar-refractivity contribution in [2.24, 2.45) is 0 Å². The maximum Gasteiger partial charge on any atom is 0.409 e. The maximum absolute atomic E-state index is 13.7. The molecule has 1 fully saturated rings. The van der Waals surface area contributed by atoms with E-state index >= 15 is 0 Å². The van der Waals surface area contributed by atoms with E-state index in [9.17, 15) is 24.3 Å². The van der Waals surface area contributed by atoms with E-state index < -0.39 is 29.9 Å². The van der Waals surface area contributed by atoms with E-state index in [2.05, 4.69) is 27.8 Å². The number of hydrogen-bond acceptors (Lipinski definition) is 8. The molecule has 2 aliphatic rings. The number of carbonyl (C=O) groups is 4. The van der Waals surface area contributed by atoms with E-state index in [-0.39, 0.29) is 57.4 Å². The third-order valence-electron chi connectivity index (χ3n) is 7.81. The van der Waals surface area contributed by atoms with E-state index in [4.69, 9.17) is 9.72 Å². The van der Waals surface area contributed by atoms with Crippen LogP contribution in [0.5, 0.6) is 0 Å². The Kier molecular flexibility index (Phi) is 9.68. The molecule has 1 aliphatic heterocycles. The van der Waals surface area contributed by atoms with Gasteiger partial charge < -0.3 is 30.3 Å². The van der Waals surface area contributed by atoms with E-state index in [0.717, 1.165) is 18.4 Å².